The van der Waals surface area contributed by atoms with Crippen LogP contribution in [0.3, 0.4) is 0 Å². The van der Waals surface area contributed by atoms with Gasteiger partial charge in [-0.15, -0.1) is 0 Å². The number of carbonyl (C=O) groups is 2. The van der Waals surface area contributed by atoms with Crippen molar-refractivity contribution < 1.29 is 23.1 Å². The van der Waals surface area contributed by atoms with Crippen LogP contribution in [-0.2, 0) is 9.53 Å². The Bertz CT molecular complexity index is 1020. The zero-order chi connectivity index (χ0) is 19.8. The van der Waals surface area contributed by atoms with E-state index in [0.29, 0.717) is 16.2 Å². The Kier molecular flexibility index (Phi) is 4.93. The number of rotatable bonds is 4. The minimum atomic E-state index is -1.28. The van der Waals surface area contributed by atoms with Crippen molar-refractivity contribution in [3.63, 3.8) is 0 Å². The summed E-state index contributed by atoms with van der Waals surface area (Å²) in [6.45, 7) is 2.99. The number of amides is 1. The lowest BCUT2D eigenvalue weighted by molar-refractivity contribution is -0.146. The number of methoxy groups -OCH3 is 1. The van der Waals surface area contributed by atoms with E-state index in [1.54, 1.807) is 30.3 Å². The van der Waals surface area contributed by atoms with Crippen molar-refractivity contribution in [2.75, 3.05) is 7.11 Å². The number of fused-ring (bicyclic) bond motifs is 1. The lowest BCUT2D eigenvalue weighted by atomic mass is 10.0. The molecule has 0 fully saturated rings. The molecular weight excluding hydrogens is 373 g/mol. The van der Waals surface area contributed by atoms with Gasteiger partial charge in [0.25, 0.3) is 5.91 Å². The number of esters is 1. The van der Waals surface area contributed by atoms with Gasteiger partial charge in [0.15, 0.2) is 0 Å². The highest BCUT2D eigenvalue weighted by Crippen LogP contribution is 2.31. The molecule has 0 unspecified atom stereocenters. The first-order chi connectivity index (χ1) is 12.7. The van der Waals surface area contributed by atoms with Crippen molar-refractivity contribution in [2.45, 2.75) is 19.4 Å². The van der Waals surface area contributed by atoms with Crippen molar-refractivity contribution in [2.24, 2.45) is 0 Å². The molecule has 3 rings (SSSR count). The molecule has 1 aromatic heterocycles. The highest BCUT2D eigenvalue weighted by molar-refractivity contribution is 6.30. The van der Waals surface area contributed by atoms with Gasteiger partial charge in [-0.1, -0.05) is 11.6 Å². The predicted octanol–water partition coefficient (Wildman–Crippen LogP) is 4.57. The summed E-state index contributed by atoms with van der Waals surface area (Å²) >= 11 is 5.89. The van der Waals surface area contributed by atoms with Gasteiger partial charge >= 0.3 is 5.97 Å². The molecule has 0 saturated heterocycles. The maximum atomic E-state index is 14.0. The molecule has 0 spiro atoms. The average molecular weight is 390 g/mol. The van der Waals surface area contributed by atoms with E-state index in [2.05, 4.69) is 10.1 Å². The summed E-state index contributed by atoms with van der Waals surface area (Å²) < 4.78 is 24.5. The summed E-state index contributed by atoms with van der Waals surface area (Å²) in [6.07, 6.45) is 0. The first kappa shape index (κ1) is 18.9. The van der Waals surface area contributed by atoms with E-state index in [1.807, 2.05) is 0 Å². The summed E-state index contributed by atoms with van der Waals surface area (Å²) in [4.78, 5) is 24.5. The zero-order valence-electron chi connectivity index (χ0n) is 14.9. The molecule has 5 nitrogen and oxygen atoms in total. The lowest BCUT2D eigenvalue weighted by Crippen LogP contribution is -2.50. The summed E-state index contributed by atoms with van der Waals surface area (Å²) in [5.74, 6) is -1.39. The highest BCUT2D eigenvalue weighted by atomic mass is 35.5. The molecule has 3 aromatic rings. The zero-order valence-corrected chi connectivity index (χ0v) is 15.7. The van der Waals surface area contributed by atoms with E-state index in [1.165, 1.54) is 27.0 Å². The molecule has 0 aliphatic heterocycles. The van der Waals surface area contributed by atoms with Crippen LogP contribution in [0.25, 0.3) is 22.3 Å². The molecule has 2 aromatic carbocycles. The van der Waals surface area contributed by atoms with Gasteiger partial charge in [0.1, 0.15) is 22.7 Å². The molecule has 1 heterocycles. The van der Waals surface area contributed by atoms with Gasteiger partial charge in [0.2, 0.25) is 0 Å². The second-order valence-electron chi connectivity index (χ2n) is 6.56. The number of nitrogens with one attached hydrogen (secondary N) is 1. The molecule has 1 N–H and O–H groups in total. The highest BCUT2D eigenvalue weighted by Gasteiger charge is 2.32. The Labute approximate surface area is 160 Å². The van der Waals surface area contributed by atoms with Gasteiger partial charge in [0, 0.05) is 16.0 Å². The van der Waals surface area contributed by atoms with Crippen LogP contribution in [0.15, 0.2) is 46.9 Å². The van der Waals surface area contributed by atoms with Crippen molar-refractivity contribution in [1.82, 2.24) is 5.32 Å². The molecule has 0 atom stereocenters. The van der Waals surface area contributed by atoms with Crippen LogP contribution < -0.4 is 5.32 Å². The monoisotopic (exact) mass is 389 g/mol. The topological polar surface area (TPSA) is 68.5 Å². The van der Waals surface area contributed by atoms with E-state index in [4.69, 9.17) is 16.0 Å². The third kappa shape index (κ3) is 3.80. The minimum absolute atomic E-state index is 0.0119. The Morgan fingerprint density at radius 3 is 2.44 bits per heavy atom. The average Bonchev–Trinajstić information content (AvgIpc) is 3.04. The summed E-state index contributed by atoms with van der Waals surface area (Å²) in [5, 5.41) is 3.55. The maximum absolute atomic E-state index is 14.0. The van der Waals surface area contributed by atoms with E-state index in [-0.39, 0.29) is 11.1 Å². The van der Waals surface area contributed by atoms with Gasteiger partial charge in [-0.25, -0.2) is 9.18 Å². The van der Waals surface area contributed by atoms with Crippen LogP contribution in [-0.4, -0.2) is 24.5 Å². The van der Waals surface area contributed by atoms with Gasteiger partial charge in [0.05, 0.1) is 12.7 Å². The fourth-order valence-corrected chi connectivity index (χ4v) is 2.82. The fourth-order valence-electron chi connectivity index (χ4n) is 2.70. The molecular formula is C20H17ClFNO4. The van der Waals surface area contributed by atoms with Crippen LogP contribution in [0.1, 0.15) is 24.2 Å². The fraction of sp³-hybridized carbons (Fsp3) is 0.200. The summed E-state index contributed by atoms with van der Waals surface area (Å²) in [7, 11) is 1.22. The largest absolute Gasteiger partial charge is 0.467 e. The van der Waals surface area contributed by atoms with E-state index in [0.717, 1.165) is 11.6 Å². The van der Waals surface area contributed by atoms with Crippen molar-refractivity contribution in [3.05, 3.63) is 58.9 Å². The second-order valence-corrected chi connectivity index (χ2v) is 7.00. The number of hydrogen-bond acceptors (Lipinski definition) is 4. The van der Waals surface area contributed by atoms with Crippen LogP contribution in [0.5, 0.6) is 0 Å². The third-order valence-corrected chi connectivity index (χ3v) is 4.33. The maximum Gasteiger partial charge on any atom is 0.330 e. The Hall–Kier alpha value is -2.86. The molecule has 0 aliphatic rings. The van der Waals surface area contributed by atoms with Crippen molar-refractivity contribution in [3.8, 4) is 11.3 Å². The number of carbonyl (C=O) groups excluding carboxylic acids is 2. The SMILES string of the molecule is COC(=O)C(C)(C)NC(=O)c1cc(F)cc2cc(-c3ccc(Cl)cc3)oc12. The minimum Gasteiger partial charge on any atom is -0.467 e. The van der Waals surface area contributed by atoms with E-state index in [9.17, 15) is 14.0 Å². The molecule has 7 heteroatoms. The standard InChI is InChI=1S/C20H17ClFNO4/c1-20(2,19(25)26-3)23-18(24)15-10-14(22)8-12-9-16(27-17(12)15)11-4-6-13(21)7-5-11/h4-10H,1-3H3,(H,23,24). The molecule has 0 aliphatic carbocycles. The normalized spacial score (nSPS) is 11.4. The number of hydrogen-bond donors (Lipinski definition) is 1. The number of halogens is 2. The second kappa shape index (κ2) is 7.04. The Morgan fingerprint density at radius 1 is 1.15 bits per heavy atom. The van der Waals surface area contributed by atoms with Crippen LogP contribution in [0.4, 0.5) is 4.39 Å². The number of ether oxygens (including phenoxy) is 1. The lowest BCUT2D eigenvalue weighted by Gasteiger charge is -2.23. The van der Waals surface area contributed by atoms with Crippen LogP contribution in [0.2, 0.25) is 5.02 Å². The van der Waals surface area contributed by atoms with Crippen molar-refractivity contribution in [1.29, 1.82) is 0 Å². The van der Waals surface area contributed by atoms with Crippen molar-refractivity contribution >= 4 is 34.4 Å². The summed E-state index contributed by atoms with van der Waals surface area (Å²) in [5.41, 5.74) is -0.338. The quantitative estimate of drug-likeness (QED) is 0.663. The number of benzene rings is 2. The number of furan rings is 1. The van der Waals surface area contributed by atoms with Gasteiger partial charge < -0.3 is 14.5 Å². The van der Waals surface area contributed by atoms with E-state index < -0.39 is 23.2 Å². The van der Waals surface area contributed by atoms with Crippen LogP contribution >= 0.6 is 11.6 Å². The predicted molar refractivity (Wildman–Crippen MR) is 100 cm³/mol. The Balaban J connectivity index is 2.04. The molecule has 27 heavy (non-hydrogen) atoms. The molecule has 0 saturated carbocycles. The summed E-state index contributed by atoms with van der Waals surface area (Å²) in [6, 6.07) is 10.9. The van der Waals surface area contributed by atoms with E-state index >= 15 is 0 Å². The molecule has 0 radical (unpaired) electrons. The first-order valence-electron chi connectivity index (χ1n) is 8.11. The first-order valence-corrected chi connectivity index (χ1v) is 8.49. The molecule has 140 valence electrons. The Morgan fingerprint density at radius 2 is 1.81 bits per heavy atom. The molecule has 0 bridgehead atoms. The third-order valence-electron chi connectivity index (χ3n) is 4.08. The van der Waals surface area contributed by atoms with Gasteiger partial charge in [-0.3, -0.25) is 4.79 Å². The smallest absolute Gasteiger partial charge is 0.330 e. The molecule has 1 amide bonds. The van der Waals surface area contributed by atoms with Gasteiger partial charge in [-0.05, 0) is 56.3 Å². The van der Waals surface area contributed by atoms with Crippen LogP contribution in [0, 0.1) is 5.82 Å². The van der Waals surface area contributed by atoms with Gasteiger partial charge in [-0.2, -0.15) is 0 Å².